The predicted molar refractivity (Wildman–Crippen MR) is 196 cm³/mol. The number of hydrogen-bond acceptors (Lipinski definition) is 0. The van der Waals surface area contributed by atoms with Crippen LogP contribution < -0.4 is 0 Å². The van der Waals surface area contributed by atoms with Gasteiger partial charge in [-0.3, -0.25) is 0 Å². The van der Waals surface area contributed by atoms with Crippen LogP contribution in [0, 0.1) is 0 Å². The minimum atomic E-state index is 1.17. The average molecular weight is 585 g/mol. The zero-order chi connectivity index (χ0) is 30.2. The summed E-state index contributed by atoms with van der Waals surface area (Å²) < 4.78 is 4.84. The van der Waals surface area contributed by atoms with E-state index in [-0.39, 0.29) is 0 Å². The van der Waals surface area contributed by atoms with Gasteiger partial charge in [-0.05, 0) is 93.3 Å². The molecule has 0 saturated heterocycles. The van der Waals surface area contributed by atoms with E-state index in [4.69, 9.17) is 0 Å². The van der Waals surface area contributed by atoms with Gasteiger partial charge < -0.3 is 9.13 Å². The summed E-state index contributed by atoms with van der Waals surface area (Å²) in [6.45, 7) is 0. The fourth-order valence-electron chi connectivity index (χ4n) is 7.57. The van der Waals surface area contributed by atoms with Gasteiger partial charge in [0.2, 0.25) is 0 Å². The van der Waals surface area contributed by atoms with Crippen molar-refractivity contribution in [3.05, 3.63) is 170 Å². The lowest BCUT2D eigenvalue weighted by molar-refractivity contribution is 1.17. The van der Waals surface area contributed by atoms with E-state index in [1.54, 1.807) is 0 Å². The van der Waals surface area contributed by atoms with Crippen LogP contribution in [0.3, 0.4) is 0 Å². The van der Waals surface area contributed by atoms with Gasteiger partial charge in [0, 0.05) is 32.9 Å². The Morgan fingerprint density at radius 2 is 0.761 bits per heavy atom. The van der Waals surface area contributed by atoms with Crippen molar-refractivity contribution in [1.29, 1.82) is 0 Å². The van der Waals surface area contributed by atoms with Crippen LogP contribution in [0.25, 0.3) is 87.7 Å². The molecule has 0 N–H and O–H groups in total. The van der Waals surface area contributed by atoms with E-state index in [1.165, 1.54) is 87.7 Å². The average Bonchev–Trinajstić information content (AvgIpc) is 3.64. The smallest absolute Gasteiger partial charge is 0.0548 e. The minimum Gasteiger partial charge on any atom is -0.309 e. The molecular weight excluding hydrogens is 556 g/mol. The van der Waals surface area contributed by atoms with Crippen LogP contribution in [-0.2, 0) is 0 Å². The summed E-state index contributed by atoms with van der Waals surface area (Å²) in [5.74, 6) is 0. The van der Waals surface area contributed by atoms with Gasteiger partial charge in [0.25, 0.3) is 0 Å². The van der Waals surface area contributed by atoms with E-state index in [0.29, 0.717) is 0 Å². The summed E-state index contributed by atoms with van der Waals surface area (Å²) in [7, 11) is 0. The number of rotatable bonds is 3. The normalized spacial score (nSPS) is 11.9. The van der Waals surface area contributed by atoms with Crippen LogP contribution in [0.4, 0.5) is 0 Å². The maximum atomic E-state index is 2.44. The predicted octanol–water partition coefficient (Wildman–Crippen LogP) is 11.9. The lowest BCUT2D eigenvalue weighted by Crippen LogP contribution is -1.95. The Kier molecular flexibility index (Phi) is 5.31. The van der Waals surface area contributed by atoms with Gasteiger partial charge in [0.15, 0.2) is 0 Å². The molecule has 0 bridgehead atoms. The third-order valence-corrected chi connectivity index (χ3v) is 9.65. The molecule has 0 fully saturated rings. The number of nitrogens with zero attached hydrogens (tertiary/aromatic N) is 2. The molecule has 8 aromatic carbocycles. The minimum absolute atomic E-state index is 1.17. The van der Waals surface area contributed by atoms with Gasteiger partial charge in [-0.25, -0.2) is 0 Å². The summed E-state index contributed by atoms with van der Waals surface area (Å²) in [4.78, 5) is 0. The summed E-state index contributed by atoms with van der Waals surface area (Å²) in [6, 6.07) is 62.0. The van der Waals surface area contributed by atoms with Crippen LogP contribution in [0.1, 0.15) is 0 Å². The van der Waals surface area contributed by atoms with Crippen molar-refractivity contribution in [2.24, 2.45) is 0 Å². The van der Waals surface area contributed by atoms with E-state index in [9.17, 15) is 0 Å². The highest BCUT2D eigenvalue weighted by Crippen LogP contribution is 2.42. The van der Waals surface area contributed by atoms with Crippen LogP contribution in [0.2, 0.25) is 0 Å². The van der Waals surface area contributed by atoms with Crippen LogP contribution in [-0.4, -0.2) is 9.13 Å². The van der Waals surface area contributed by atoms with E-state index >= 15 is 0 Å². The Bertz CT molecular complexity index is 2800. The molecule has 10 aromatic rings. The largest absolute Gasteiger partial charge is 0.309 e. The Labute approximate surface area is 266 Å². The molecule has 2 heterocycles. The first kappa shape index (κ1) is 25.2. The first-order chi connectivity index (χ1) is 22.8. The highest BCUT2D eigenvalue weighted by Gasteiger charge is 2.20. The molecular formula is C44H28N2. The molecule has 0 unspecified atom stereocenters. The quantitative estimate of drug-likeness (QED) is 0.195. The Balaban J connectivity index is 1.20. The summed E-state index contributed by atoms with van der Waals surface area (Å²) in [5.41, 5.74) is 9.71. The Morgan fingerprint density at radius 3 is 1.43 bits per heavy atom. The fourth-order valence-corrected chi connectivity index (χ4v) is 7.57. The molecule has 2 aromatic heterocycles. The summed E-state index contributed by atoms with van der Waals surface area (Å²) >= 11 is 0. The molecule has 0 aliphatic carbocycles. The van der Waals surface area contributed by atoms with Crippen molar-refractivity contribution < 1.29 is 0 Å². The molecule has 0 atom stereocenters. The lowest BCUT2D eigenvalue weighted by Gasteiger charge is -2.11. The van der Waals surface area contributed by atoms with E-state index in [1.807, 2.05) is 0 Å². The van der Waals surface area contributed by atoms with Crippen LogP contribution >= 0.6 is 0 Å². The number of aromatic nitrogens is 2. The third-order valence-electron chi connectivity index (χ3n) is 9.65. The second-order valence-corrected chi connectivity index (χ2v) is 12.2. The molecule has 46 heavy (non-hydrogen) atoms. The summed E-state index contributed by atoms with van der Waals surface area (Å²) in [6.07, 6.45) is 0. The van der Waals surface area contributed by atoms with E-state index < -0.39 is 0 Å². The van der Waals surface area contributed by atoms with Gasteiger partial charge in [-0.15, -0.1) is 0 Å². The molecule has 0 aliphatic heterocycles. The highest BCUT2D eigenvalue weighted by atomic mass is 15.0. The number of benzene rings is 8. The van der Waals surface area contributed by atoms with Gasteiger partial charge in [-0.1, -0.05) is 109 Å². The topological polar surface area (TPSA) is 9.86 Å². The monoisotopic (exact) mass is 584 g/mol. The van der Waals surface area contributed by atoms with Gasteiger partial charge in [-0.2, -0.15) is 0 Å². The molecule has 0 saturated carbocycles. The molecule has 0 spiro atoms. The zero-order valence-corrected chi connectivity index (χ0v) is 25.1. The maximum Gasteiger partial charge on any atom is 0.0548 e. The lowest BCUT2D eigenvalue weighted by atomic mass is 9.98. The van der Waals surface area contributed by atoms with Crippen molar-refractivity contribution in [3.8, 4) is 22.5 Å². The van der Waals surface area contributed by atoms with Crippen molar-refractivity contribution in [2.45, 2.75) is 0 Å². The molecule has 0 aliphatic rings. The van der Waals surface area contributed by atoms with Crippen LogP contribution in [0.15, 0.2) is 170 Å². The van der Waals surface area contributed by atoms with E-state index in [2.05, 4.69) is 179 Å². The van der Waals surface area contributed by atoms with Crippen molar-refractivity contribution in [2.75, 3.05) is 0 Å². The fraction of sp³-hybridized carbons (Fsp3) is 0. The Hall–Kier alpha value is -6.12. The highest BCUT2D eigenvalue weighted by molar-refractivity contribution is 6.29. The third kappa shape index (κ3) is 3.65. The van der Waals surface area contributed by atoms with E-state index in [0.717, 1.165) is 0 Å². The van der Waals surface area contributed by atoms with Gasteiger partial charge in [0.1, 0.15) is 0 Å². The van der Waals surface area contributed by atoms with Gasteiger partial charge in [0.05, 0.1) is 22.1 Å². The van der Waals surface area contributed by atoms with Crippen molar-refractivity contribution in [1.82, 2.24) is 9.13 Å². The molecule has 214 valence electrons. The molecule has 2 heteroatoms. The number of para-hydroxylation sites is 3. The molecule has 0 radical (unpaired) electrons. The number of fused-ring (bicyclic) bond motifs is 9. The SMILES string of the molecule is c1ccc(-n2c3ccccc3c3c4c5ccccc5n(-c5ccc6cc(-c7ccc8ccccc8c7)ccc6c5)c4ccc32)cc1. The van der Waals surface area contributed by atoms with Crippen LogP contribution in [0.5, 0.6) is 0 Å². The summed E-state index contributed by atoms with van der Waals surface area (Å²) in [5, 5.41) is 10.1. The standard InChI is InChI=1S/C44H28N2/c1-2-12-35(13-3-1)45-39-16-8-6-14-37(39)43-41(45)24-25-42-44(43)38-15-7-9-17-40(38)46(42)36-23-22-33-27-32(20-21-34(33)28-36)31-19-18-29-10-4-5-11-30(29)26-31/h1-28H. The maximum absolute atomic E-state index is 2.44. The number of hydrogen-bond donors (Lipinski definition) is 0. The first-order valence-corrected chi connectivity index (χ1v) is 15.9. The zero-order valence-electron chi connectivity index (χ0n) is 25.1. The second-order valence-electron chi connectivity index (χ2n) is 12.2. The Morgan fingerprint density at radius 1 is 0.283 bits per heavy atom. The molecule has 10 rings (SSSR count). The second kappa shape index (κ2) is 9.69. The van der Waals surface area contributed by atoms with Crippen molar-refractivity contribution in [3.63, 3.8) is 0 Å². The molecule has 0 amide bonds. The van der Waals surface area contributed by atoms with Gasteiger partial charge >= 0.3 is 0 Å². The van der Waals surface area contributed by atoms with Crippen molar-refractivity contribution >= 4 is 65.2 Å². The molecule has 2 nitrogen and oxygen atoms in total. The first-order valence-electron chi connectivity index (χ1n) is 15.9.